The number of rotatable bonds is 5. The van der Waals surface area contributed by atoms with Crippen molar-refractivity contribution in [2.45, 2.75) is 32.4 Å². The molecule has 78 valence electrons. The predicted octanol–water partition coefficient (Wildman–Crippen LogP) is 2.92. The number of hydrogen-bond donors (Lipinski definition) is 0. The van der Waals surface area contributed by atoms with Gasteiger partial charge in [-0.3, -0.25) is 0 Å². The minimum absolute atomic E-state index is 1.17. The average molecular weight is 208 g/mol. The highest BCUT2D eigenvalue weighted by Gasteiger charge is 2.32. The monoisotopic (exact) mass is 208 g/mol. The smallest absolute Gasteiger partial charge is 0.223 e. The van der Waals surface area contributed by atoms with Crippen LogP contribution in [0.25, 0.3) is 0 Å². The van der Waals surface area contributed by atoms with Gasteiger partial charge in [0, 0.05) is 7.11 Å². The molecule has 0 aliphatic heterocycles. The van der Waals surface area contributed by atoms with E-state index < -0.39 is 8.32 Å². The SMILES string of the molecule is CCC[Si](CC)(OC)c1ccccc1. The Balaban J connectivity index is 2.98. The summed E-state index contributed by atoms with van der Waals surface area (Å²) >= 11 is 0. The summed E-state index contributed by atoms with van der Waals surface area (Å²) in [6.07, 6.45) is 1.21. The zero-order valence-corrected chi connectivity index (χ0v) is 10.4. The highest BCUT2D eigenvalue weighted by Crippen LogP contribution is 2.18. The van der Waals surface area contributed by atoms with Crippen molar-refractivity contribution in [3.63, 3.8) is 0 Å². The molecule has 2 heteroatoms. The molecule has 1 nitrogen and oxygen atoms in total. The average Bonchev–Trinajstić information content (AvgIpc) is 2.27. The second-order valence-electron chi connectivity index (χ2n) is 3.67. The molecule has 0 aromatic heterocycles. The summed E-state index contributed by atoms with van der Waals surface area (Å²) in [5.41, 5.74) is 0. The first-order valence-electron chi connectivity index (χ1n) is 5.39. The fourth-order valence-electron chi connectivity index (χ4n) is 2.04. The standard InChI is InChI=1S/C12H20OSi/c1-4-11-14(5-2,13-3)12-9-7-6-8-10-12/h6-10H,4-5,11H2,1-3H3. The van der Waals surface area contributed by atoms with Crippen LogP contribution in [0.15, 0.2) is 30.3 Å². The molecule has 14 heavy (non-hydrogen) atoms. The molecule has 0 aliphatic carbocycles. The third kappa shape index (κ3) is 2.25. The highest BCUT2D eigenvalue weighted by atomic mass is 28.4. The highest BCUT2D eigenvalue weighted by molar-refractivity contribution is 6.86. The Hall–Kier alpha value is -0.603. The van der Waals surface area contributed by atoms with E-state index >= 15 is 0 Å². The van der Waals surface area contributed by atoms with E-state index in [1.54, 1.807) is 0 Å². The van der Waals surface area contributed by atoms with Gasteiger partial charge in [0.1, 0.15) is 0 Å². The van der Waals surface area contributed by atoms with Gasteiger partial charge < -0.3 is 4.43 Å². The van der Waals surface area contributed by atoms with Crippen LogP contribution in [0.2, 0.25) is 12.1 Å². The molecule has 1 aromatic carbocycles. The van der Waals surface area contributed by atoms with Gasteiger partial charge in [0.25, 0.3) is 0 Å². The Morgan fingerprint density at radius 1 is 1.14 bits per heavy atom. The second kappa shape index (κ2) is 5.32. The minimum atomic E-state index is -1.62. The van der Waals surface area contributed by atoms with E-state index in [2.05, 4.69) is 44.2 Å². The van der Waals surface area contributed by atoms with E-state index in [0.29, 0.717) is 0 Å². The van der Waals surface area contributed by atoms with Crippen LogP contribution in [0.1, 0.15) is 20.3 Å². The van der Waals surface area contributed by atoms with Gasteiger partial charge in [-0.15, -0.1) is 0 Å². The Bertz CT molecular complexity index is 254. The van der Waals surface area contributed by atoms with Crippen molar-refractivity contribution in [3.8, 4) is 0 Å². The first kappa shape index (κ1) is 11.5. The largest absolute Gasteiger partial charge is 0.416 e. The molecular formula is C12H20OSi. The van der Waals surface area contributed by atoms with Crippen molar-refractivity contribution < 1.29 is 4.43 Å². The van der Waals surface area contributed by atoms with E-state index in [0.717, 1.165) is 0 Å². The van der Waals surface area contributed by atoms with Crippen molar-refractivity contribution in [2.75, 3.05) is 7.11 Å². The Morgan fingerprint density at radius 3 is 2.21 bits per heavy atom. The molecule has 0 radical (unpaired) electrons. The van der Waals surface area contributed by atoms with Crippen LogP contribution >= 0.6 is 0 Å². The molecule has 1 atom stereocenters. The van der Waals surface area contributed by atoms with E-state index in [1.807, 2.05) is 7.11 Å². The molecule has 1 rings (SSSR count). The van der Waals surface area contributed by atoms with Crippen LogP contribution in [-0.4, -0.2) is 15.4 Å². The zero-order chi connectivity index (χ0) is 10.4. The maximum Gasteiger partial charge on any atom is 0.223 e. The molecule has 0 N–H and O–H groups in total. The maximum absolute atomic E-state index is 5.85. The summed E-state index contributed by atoms with van der Waals surface area (Å²) in [5, 5.41) is 1.44. The second-order valence-corrected chi connectivity index (χ2v) is 7.85. The Kier molecular flexibility index (Phi) is 4.36. The van der Waals surface area contributed by atoms with Crippen molar-refractivity contribution in [1.29, 1.82) is 0 Å². The Morgan fingerprint density at radius 2 is 1.79 bits per heavy atom. The number of benzene rings is 1. The van der Waals surface area contributed by atoms with E-state index in [-0.39, 0.29) is 0 Å². The molecular weight excluding hydrogens is 188 g/mol. The van der Waals surface area contributed by atoms with Crippen LogP contribution in [0, 0.1) is 0 Å². The quantitative estimate of drug-likeness (QED) is 0.676. The van der Waals surface area contributed by atoms with Gasteiger partial charge >= 0.3 is 0 Å². The van der Waals surface area contributed by atoms with Gasteiger partial charge in [0.05, 0.1) is 0 Å². The van der Waals surface area contributed by atoms with E-state index in [9.17, 15) is 0 Å². The molecule has 0 aliphatic rings. The normalized spacial score (nSPS) is 15.1. The van der Waals surface area contributed by atoms with E-state index in [4.69, 9.17) is 4.43 Å². The summed E-state index contributed by atoms with van der Waals surface area (Å²) in [6, 6.07) is 13.1. The minimum Gasteiger partial charge on any atom is -0.416 e. The van der Waals surface area contributed by atoms with Crippen LogP contribution < -0.4 is 5.19 Å². The van der Waals surface area contributed by atoms with Gasteiger partial charge in [-0.05, 0) is 17.3 Å². The summed E-state index contributed by atoms with van der Waals surface area (Å²) in [7, 11) is 0.254. The lowest BCUT2D eigenvalue weighted by molar-refractivity contribution is 0.403. The lowest BCUT2D eigenvalue weighted by atomic mass is 10.4. The van der Waals surface area contributed by atoms with Crippen LogP contribution in [0.5, 0.6) is 0 Å². The third-order valence-corrected chi connectivity index (χ3v) is 7.53. The molecule has 0 bridgehead atoms. The van der Waals surface area contributed by atoms with Gasteiger partial charge in [0.15, 0.2) is 0 Å². The molecule has 0 heterocycles. The lowest BCUT2D eigenvalue weighted by Gasteiger charge is -2.28. The lowest BCUT2D eigenvalue weighted by Crippen LogP contribution is -2.49. The van der Waals surface area contributed by atoms with E-state index in [1.165, 1.54) is 23.7 Å². The molecule has 0 fully saturated rings. The van der Waals surface area contributed by atoms with Gasteiger partial charge in [-0.25, -0.2) is 0 Å². The van der Waals surface area contributed by atoms with Crippen LogP contribution in [-0.2, 0) is 4.43 Å². The molecule has 0 saturated carbocycles. The molecule has 1 unspecified atom stereocenters. The van der Waals surface area contributed by atoms with Crippen molar-refractivity contribution in [1.82, 2.24) is 0 Å². The third-order valence-electron chi connectivity index (χ3n) is 2.92. The Labute approximate surface area is 88.2 Å². The first-order valence-corrected chi connectivity index (χ1v) is 7.72. The molecule has 0 amide bonds. The summed E-state index contributed by atoms with van der Waals surface area (Å²) in [5.74, 6) is 0. The van der Waals surface area contributed by atoms with Crippen molar-refractivity contribution in [3.05, 3.63) is 30.3 Å². The fourth-order valence-corrected chi connectivity index (χ4v) is 5.42. The number of hydrogen-bond acceptors (Lipinski definition) is 1. The maximum atomic E-state index is 5.85. The van der Waals surface area contributed by atoms with Gasteiger partial charge in [-0.1, -0.05) is 50.6 Å². The summed E-state index contributed by atoms with van der Waals surface area (Å²) in [6.45, 7) is 4.48. The van der Waals surface area contributed by atoms with Crippen LogP contribution in [0.3, 0.4) is 0 Å². The van der Waals surface area contributed by atoms with Gasteiger partial charge in [-0.2, -0.15) is 0 Å². The zero-order valence-electron chi connectivity index (χ0n) is 9.42. The summed E-state index contributed by atoms with van der Waals surface area (Å²) < 4.78 is 5.85. The van der Waals surface area contributed by atoms with Crippen LogP contribution in [0.4, 0.5) is 0 Å². The summed E-state index contributed by atoms with van der Waals surface area (Å²) in [4.78, 5) is 0. The first-order chi connectivity index (χ1) is 6.79. The fraction of sp³-hybridized carbons (Fsp3) is 0.500. The van der Waals surface area contributed by atoms with Gasteiger partial charge in [0.2, 0.25) is 8.32 Å². The molecule has 0 saturated heterocycles. The molecule has 0 spiro atoms. The predicted molar refractivity (Wildman–Crippen MR) is 64.4 cm³/mol. The van der Waals surface area contributed by atoms with Crippen molar-refractivity contribution >= 4 is 13.5 Å². The van der Waals surface area contributed by atoms with Crippen molar-refractivity contribution in [2.24, 2.45) is 0 Å². The molecule has 1 aromatic rings. The topological polar surface area (TPSA) is 9.23 Å².